The molecule has 0 radical (unpaired) electrons. The third kappa shape index (κ3) is 3.13. The predicted molar refractivity (Wildman–Crippen MR) is 86.7 cm³/mol. The van der Waals surface area contributed by atoms with Gasteiger partial charge in [0.05, 0.1) is 13.2 Å². The number of anilines is 2. The Morgan fingerprint density at radius 1 is 1.19 bits per heavy atom. The van der Waals surface area contributed by atoms with E-state index < -0.39 is 29.7 Å². The van der Waals surface area contributed by atoms with Crippen LogP contribution in [0.3, 0.4) is 0 Å². The second-order valence-corrected chi connectivity index (χ2v) is 7.28. The Bertz CT molecular complexity index is 757. The molecule has 2 N–H and O–H groups in total. The van der Waals surface area contributed by atoms with E-state index in [0.717, 1.165) is 7.11 Å². The smallest absolute Gasteiger partial charge is 0.437 e. The van der Waals surface area contributed by atoms with Gasteiger partial charge in [-0.2, -0.15) is 18.2 Å². The Hall–Kier alpha value is -2.30. The summed E-state index contributed by atoms with van der Waals surface area (Å²) < 4.78 is 45.6. The Labute approximate surface area is 152 Å². The van der Waals surface area contributed by atoms with Crippen LogP contribution >= 0.6 is 0 Å². The van der Waals surface area contributed by atoms with Gasteiger partial charge in [0.1, 0.15) is 0 Å². The van der Waals surface area contributed by atoms with Crippen LogP contribution in [0.5, 0.6) is 5.75 Å². The van der Waals surface area contributed by atoms with Crippen molar-refractivity contribution in [2.45, 2.75) is 18.7 Å². The van der Waals surface area contributed by atoms with Crippen molar-refractivity contribution in [3.05, 3.63) is 5.69 Å². The second kappa shape index (κ2) is 6.11. The number of halogens is 3. The molecular formula is C16H19F3N4O4. The molecule has 1 unspecified atom stereocenters. The van der Waals surface area contributed by atoms with Gasteiger partial charge in [-0.1, -0.05) is 0 Å². The molecule has 11 heteroatoms. The number of fused-ring (bicyclic) bond motifs is 1. The molecule has 1 saturated carbocycles. The van der Waals surface area contributed by atoms with Crippen LogP contribution in [0.4, 0.5) is 24.9 Å². The fourth-order valence-electron chi connectivity index (χ4n) is 4.11. The number of aliphatic hydroxyl groups excluding tert-OH is 1. The first-order valence-corrected chi connectivity index (χ1v) is 8.62. The van der Waals surface area contributed by atoms with Gasteiger partial charge in [-0.05, 0) is 17.8 Å². The summed E-state index contributed by atoms with van der Waals surface area (Å²) in [5.74, 6) is -0.960. The highest BCUT2D eigenvalue weighted by atomic mass is 19.4. The number of carbonyl (C=O) groups is 1. The lowest BCUT2D eigenvalue weighted by Gasteiger charge is -2.36. The van der Waals surface area contributed by atoms with Crippen molar-refractivity contribution >= 4 is 17.7 Å². The standard InChI is InChI=1S/C16H19F3N4O4/c1-27-12-13(16(17,18)19)20-15(23-3-7(24)4-23)21-14(12)22-5-9-8(2-11(25)26)10(9)6-22/h7-10,24H,2-6H2,1H3,(H,25,26)/t8?,9-,10+. The SMILES string of the molecule is COc1c(N2C[C@@H]3C(CC(=O)O)[C@@H]3C2)nc(N2CC(O)C2)nc1C(F)(F)F. The van der Waals surface area contributed by atoms with Crippen LogP contribution in [0, 0.1) is 17.8 Å². The highest BCUT2D eigenvalue weighted by Crippen LogP contribution is 2.55. The summed E-state index contributed by atoms with van der Waals surface area (Å²) in [5, 5.41) is 18.3. The van der Waals surface area contributed by atoms with Crippen molar-refractivity contribution in [1.82, 2.24) is 9.97 Å². The monoisotopic (exact) mass is 388 g/mol. The molecular weight excluding hydrogens is 369 g/mol. The van der Waals surface area contributed by atoms with E-state index in [-0.39, 0.29) is 49.0 Å². The number of methoxy groups -OCH3 is 1. The summed E-state index contributed by atoms with van der Waals surface area (Å²) in [4.78, 5) is 22.0. The molecule has 3 fully saturated rings. The van der Waals surface area contributed by atoms with Gasteiger partial charge in [-0.15, -0.1) is 0 Å². The van der Waals surface area contributed by atoms with Gasteiger partial charge < -0.3 is 24.7 Å². The average molecular weight is 388 g/mol. The lowest BCUT2D eigenvalue weighted by atomic mass is 10.2. The van der Waals surface area contributed by atoms with Gasteiger partial charge in [-0.3, -0.25) is 4.79 Å². The summed E-state index contributed by atoms with van der Waals surface area (Å²) in [6.07, 6.45) is -5.24. The van der Waals surface area contributed by atoms with E-state index in [1.807, 2.05) is 0 Å². The van der Waals surface area contributed by atoms with E-state index in [9.17, 15) is 23.1 Å². The molecule has 2 saturated heterocycles. The number of carboxylic acid groups (broad SMARTS) is 1. The van der Waals surface area contributed by atoms with Gasteiger partial charge >= 0.3 is 12.1 Å². The first-order valence-electron chi connectivity index (χ1n) is 8.62. The molecule has 0 aromatic carbocycles. The molecule has 1 aromatic heterocycles. The molecule has 3 heterocycles. The molecule has 4 rings (SSSR count). The predicted octanol–water partition coefficient (Wildman–Crippen LogP) is 0.842. The number of alkyl halides is 3. The molecule has 1 aromatic rings. The number of hydrogen-bond acceptors (Lipinski definition) is 7. The minimum atomic E-state index is -4.71. The Morgan fingerprint density at radius 3 is 2.30 bits per heavy atom. The first kappa shape index (κ1) is 18.1. The number of hydrogen-bond donors (Lipinski definition) is 2. The summed E-state index contributed by atoms with van der Waals surface area (Å²) in [7, 11) is 1.15. The summed E-state index contributed by atoms with van der Waals surface area (Å²) in [6, 6.07) is 0. The number of piperidine rings is 1. The normalized spacial score (nSPS) is 27.4. The van der Waals surface area contributed by atoms with Crippen LogP contribution in [0.1, 0.15) is 12.1 Å². The summed E-state index contributed by atoms with van der Waals surface area (Å²) in [6.45, 7) is 1.23. The summed E-state index contributed by atoms with van der Waals surface area (Å²) >= 11 is 0. The average Bonchev–Trinajstić information content (AvgIpc) is 3.00. The lowest BCUT2D eigenvalue weighted by Crippen LogP contribution is -2.51. The van der Waals surface area contributed by atoms with E-state index in [2.05, 4.69) is 9.97 Å². The van der Waals surface area contributed by atoms with Crippen molar-refractivity contribution in [2.24, 2.45) is 17.8 Å². The van der Waals surface area contributed by atoms with E-state index in [0.29, 0.717) is 13.1 Å². The van der Waals surface area contributed by atoms with Crippen LogP contribution in [0.25, 0.3) is 0 Å². The van der Waals surface area contributed by atoms with E-state index in [4.69, 9.17) is 9.84 Å². The number of aliphatic carboxylic acids is 1. The minimum absolute atomic E-state index is 0.0671. The van der Waals surface area contributed by atoms with Crippen molar-refractivity contribution in [3.8, 4) is 5.75 Å². The quantitative estimate of drug-likeness (QED) is 0.766. The van der Waals surface area contributed by atoms with E-state index in [1.54, 1.807) is 4.90 Å². The molecule has 0 spiro atoms. The number of β-amino-alcohol motifs (C(OH)–C–C–N with tert-alkyl or cyclic N) is 1. The number of carboxylic acids is 1. The maximum atomic E-state index is 13.5. The van der Waals surface area contributed by atoms with Crippen molar-refractivity contribution in [3.63, 3.8) is 0 Å². The zero-order valence-corrected chi connectivity index (χ0v) is 14.5. The number of rotatable bonds is 5. The van der Waals surface area contributed by atoms with Crippen LogP contribution in [0.2, 0.25) is 0 Å². The largest absolute Gasteiger partial charge is 0.491 e. The van der Waals surface area contributed by atoms with Crippen LogP contribution < -0.4 is 14.5 Å². The van der Waals surface area contributed by atoms with Gasteiger partial charge in [0.25, 0.3) is 0 Å². The third-order valence-corrected chi connectivity index (χ3v) is 5.53. The minimum Gasteiger partial charge on any atom is -0.491 e. The van der Waals surface area contributed by atoms with E-state index >= 15 is 0 Å². The van der Waals surface area contributed by atoms with Gasteiger partial charge in [-0.25, -0.2) is 4.98 Å². The lowest BCUT2D eigenvalue weighted by molar-refractivity contribution is -0.142. The van der Waals surface area contributed by atoms with E-state index in [1.165, 1.54) is 4.90 Å². The molecule has 0 amide bonds. The number of ether oxygens (including phenoxy) is 1. The highest BCUT2D eigenvalue weighted by Gasteiger charge is 2.57. The van der Waals surface area contributed by atoms with Crippen LogP contribution in [0.15, 0.2) is 0 Å². The zero-order valence-electron chi connectivity index (χ0n) is 14.5. The number of aromatic nitrogens is 2. The van der Waals surface area contributed by atoms with Crippen molar-refractivity contribution in [1.29, 1.82) is 0 Å². The van der Waals surface area contributed by atoms with Crippen LogP contribution in [-0.4, -0.2) is 65.5 Å². The topological polar surface area (TPSA) is 99.0 Å². The number of nitrogens with zero attached hydrogens (tertiary/aromatic N) is 4. The fraction of sp³-hybridized carbons (Fsp3) is 0.688. The van der Waals surface area contributed by atoms with Crippen molar-refractivity contribution < 1.29 is 32.9 Å². The van der Waals surface area contributed by atoms with Gasteiger partial charge in [0.2, 0.25) is 5.95 Å². The maximum absolute atomic E-state index is 13.5. The van der Waals surface area contributed by atoms with Gasteiger partial charge in [0, 0.05) is 32.6 Å². The summed E-state index contributed by atoms with van der Waals surface area (Å²) in [5.41, 5.74) is -1.14. The fourth-order valence-corrected chi connectivity index (χ4v) is 4.11. The van der Waals surface area contributed by atoms with Crippen molar-refractivity contribution in [2.75, 3.05) is 43.1 Å². The third-order valence-electron chi connectivity index (χ3n) is 5.53. The molecule has 148 valence electrons. The molecule has 27 heavy (non-hydrogen) atoms. The Balaban J connectivity index is 1.64. The van der Waals surface area contributed by atoms with Crippen LogP contribution in [-0.2, 0) is 11.0 Å². The molecule has 2 aliphatic heterocycles. The molecule has 8 nitrogen and oxygen atoms in total. The Kier molecular flexibility index (Phi) is 4.09. The first-order chi connectivity index (χ1) is 12.7. The number of aliphatic hydroxyl groups is 1. The maximum Gasteiger partial charge on any atom is 0.437 e. The van der Waals surface area contributed by atoms with Gasteiger partial charge in [0.15, 0.2) is 17.3 Å². The molecule has 1 aliphatic carbocycles. The Morgan fingerprint density at radius 2 is 1.81 bits per heavy atom. The highest BCUT2D eigenvalue weighted by molar-refractivity contribution is 5.68. The zero-order chi connectivity index (χ0) is 19.5. The molecule has 3 atom stereocenters. The molecule has 3 aliphatic rings. The molecule has 0 bridgehead atoms. The second-order valence-electron chi connectivity index (χ2n) is 7.28.